The Labute approximate surface area is 259 Å². The van der Waals surface area contributed by atoms with Gasteiger partial charge in [0.1, 0.15) is 16.7 Å². The molecule has 0 radical (unpaired) electrons. The van der Waals surface area contributed by atoms with Crippen LogP contribution in [0, 0.1) is 0 Å². The quantitative estimate of drug-likeness (QED) is 0.204. The molecule has 0 fully saturated rings. The van der Waals surface area contributed by atoms with Gasteiger partial charge in [-0.15, -0.1) is 0 Å². The van der Waals surface area contributed by atoms with Gasteiger partial charge < -0.3 is 13.7 Å². The first-order valence-corrected chi connectivity index (χ1v) is 15.1. The van der Waals surface area contributed by atoms with Crippen LogP contribution in [0.3, 0.4) is 0 Å². The first kappa shape index (κ1) is 25.4. The van der Waals surface area contributed by atoms with Crippen molar-refractivity contribution in [3.05, 3.63) is 158 Å². The van der Waals surface area contributed by atoms with E-state index in [2.05, 4.69) is 120 Å². The number of oxazole rings is 1. The summed E-state index contributed by atoms with van der Waals surface area (Å²) in [5.74, 6) is 0.607. The number of anilines is 3. The van der Waals surface area contributed by atoms with Gasteiger partial charge in [-0.2, -0.15) is 0 Å². The molecular weight excluding hydrogens is 552 g/mol. The van der Waals surface area contributed by atoms with Gasteiger partial charge in [0.2, 0.25) is 5.89 Å². The van der Waals surface area contributed by atoms with E-state index < -0.39 is 0 Å². The van der Waals surface area contributed by atoms with E-state index in [9.17, 15) is 0 Å². The van der Waals surface area contributed by atoms with Crippen LogP contribution >= 0.6 is 0 Å². The highest BCUT2D eigenvalue weighted by Crippen LogP contribution is 2.46. The second-order valence-electron chi connectivity index (χ2n) is 11.2. The smallest absolute Gasteiger partial charge is 0.227 e. The number of furan rings is 1. The van der Waals surface area contributed by atoms with E-state index in [1.165, 1.54) is 0 Å². The highest BCUT2D eigenvalue weighted by atomic mass is 16.3. The Kier molecular flexibility index (Phi) is 5.78. The summed E-state index contributed by atoms with van der Waals surface area (Å²) in [5, 5.41) is 4.25. The molecule has 0 aliphatic heterocycles. The van der Waals surface area contributed by atoms with Gasteiger partial charge in [-0.05, 0) is 54.1 Å². The van der Waals surface area contributed by atoms with Crippen LogP contribution in [-0.4, -0.2) is 4.98 Å². The fraction of sp³-hybridized carbons (Fsp3) is 0. The van der Waals surface area contributed by atoms with Gasteiger partial charge in [0.25, 0.3) is 0 Å². The topological polar surface area (TPSA) is 42.4 Å². The Morgan fingerprint density at radius 3 is 1.91 bits per heavy atom. The maximum atomic E-state index is 6.46. The predicted molar refractivity (Wildman–Crippen MR) is 184 cm³/mol. The number of hydrogen-bond acceptors (Lipinski definition) is 4. The molecule has 0 atom stereocenters. The summed E-state index contributed by atoms with van der Waals surface area (Å²) >= 11 is 0. The molecule has 2 heterocycles. The maximum absolute atomic E-state index is 6.46. The molecule has 0 aliphatic carbocycles. The number of aromatic nitrogens is 1. The van der Waals surface area contributed by atoms with Crippen LogP contribution in [-0.2, 0) is 0 Å². The SMILES string of the molecule is c1ccc(-c2nc3cc(N(c4ccc5oc6ccccc6c5c4)c4ccccc4-c4ccccc4)c4ccccc4c3o2)cc1. The molecule has 4 nitrogen and oxygen atoms in total. The molecule has 45 heavy (non-hydrogen) atoms. The molecule has 9 rings (SSSR count). The summed E-state index contributed by atoms with van der Waals surface area (Å²) in [6.07, 6.45) is 0. The first-order valence-electron chi connectivity index (χ1n) is 15.1. The summed E-state index contributed by atoms with van der Waals surface area (Å²) in [7, 11) is 0. The number of rotatable bonds is 5. The Hall–Kier alpha value is -6.13. The number of hydrogen-bond donors (Lipinski definition) is 0. The Morgan fingerprint density at radius 2 is 1.09 bits per heavy atom. The minimum absolute atomic E-state index is 0.607. The third-order valence-corrected chi connectivity index (χ3v) is 8.48. The zero-order valence-electron chi connectivity index (χ0n) is 24.2. The van der Waals surface area contributed by atoms with Gasteiger partial charge in [-0.25, -0.2) is 4.98 Å². The molecule has 4 heteroatoms. The van der Waals surface area contributed by atoms with E-state index in [1.54, 1.807) is 0 Å². The van der Waals surface area contributed by atoms with Crippen LogP contribution < -0.4 is 4.90 Å². The maximum Gasteiger partial charge on any atom is 0.227 e. The first-order chi connectivity index (χ1) is 22.3. The number of fused-ring (bicyclic) bond motifs is 6. The van der Waals surface area contributed by atoms with Crippen molar-refractivity contribution in [2.24, 2.45) is 0 Å². The Balaban J connectivity index is 1.36. The van der Waals surface area contributed by atoms with Gasteiger partial charge >= 0.3 is 0 Å². The number of benzene rings is 7. The molecule has 0 spiro atoms. The van der Waals surface area contributed by atoms with Crippen LogP contribution in [0.25, 0.3) is 66.4 Å². The van der Waals surface area contributed by atoms with E-state index in [1.807, 2.05) is 42.5 Å². The van der Waals surface area contributed by atoms with Gasteiger partial charge in [-0.3, -0.25) is 0 Å². The fourth-order valence-corrected chi connectivity index (χ4v) is 6.42. The second-order valence-corrected chi connectivity index (χ2v) is 11.2. The van der Waals surface area contributed by atoms with E-state index in [0.29, 0.717) is 5.89 Å². The lowest BCUT2D eigenvalue weighted by Crippen LogP contribution is -2.12. The molecule has 0 N–H and O–H groups in total. The van der Waals surface area contributed by atoms with Crippen molar-refractivity contribution in [1.82, 2.24) is 4.98 Å². The van der Waals surface area contributed by atoms with Gasteiger partial charge in [0.15, 0.2) is 5.58 Å². The molecule has 9 aromatic rings. The van der Waals surface area contributed by atoms with Crippen LogP contribution in [0.2, 0.25) is 0 Å². The lowest BCUT2D eigenvalue weighted by Gasteiger charge is -2.29. The minimum Gasteiger partial charge on any atom is -0.456 e. The van der Waals surface area contributed by atoms with Crippen LogP contribution in [0.5, 0.6) is 0 Å². The van der Waals surface area contributed by atoms with E-state index >= 15 is 0 Å². The molecular formula is C41H26N2O2. The second kappa shape index (κ2) is 10.2. The number of nitrogens with zero attached hydrogens (tertiary/aromatic N) is 2. The van der Waals surface area contributed by atoms with Crippen LogP contribution in [0.15, 0.2) is 167 Å². The summed E-state index contributed by atoms with van der Waals surface area (Å²) in [5.41, 5.74) is 9.64. The molecule has 0 saturated heterocycles. The molecule has 0 bridgehead atoms. The monoisotopic (exact) mass is 578 g/mol. The zero-order chi connectivity index (χ0) is 29.7. The largest absolute Gasteiger partial charge is 0.456 e. The van der Waals surface area contributed by atoms with Crippen molar-refractivity contribution in [1.29, 1.82) is 0 Å². The molecule has 0 aliphatic rings. The zero-order valence-corrected chi connectivity index (χ0v) is 24.2. The number of para-hydroxylation sites is 2. The van der Waals surface area contributed by atoms with Crippen molar-refractivity contribution in [3.63, 3.8) is 0 Å². The predicted octanol–water partition coefficient (Wildman–Crippen LogP) is 11.7. The Bertz CT molecular complexity index is 2490. The van der Waals surface area contributed by atoms with E-state index in [0.717, 1.165) is 77.6 Å². The average Bonchev–Trinajstić information content (AvgIpc) is 3.71. The van der Waals surface area contributed by atoms with Crippen molar-refractivity contribution in [2.45, 2.75) is 0 Å². The van der Waals surface area contributed by atoms with Gasteiger partial charge in [-0.1, -0.05) is 109 Å². The standard InChI is InChI=1S/C41H26N2O2/c1-3-13-27(14-4-1)30-17-9-11-21-36(30)43(29-23-24-39-34(25-29)32-19-10-12-22-38(32)44-39)37-26-35-40(33-20-8-7-18-31(33)37)45-41(42-35)28-15-5-2-6-16-28/h1-26H. The average molecular weight is 579 g/mol. The third-order valence-electron chi connectivity index (χ3n) is 8.48. The van der Waals surface area contributed by atoms with Gasteiger partial charge in [0.05, 0.1) is 11.4 Å². The third kappa shape index (κ3) is 4.19. The van der Waals surface area contributed by atoms with E-state index in [-0.39, 0.29) is 0 Å². The summed E-state index contributed by atoms with van der Waals surface area (Å²) < 4.78 is 12.7. The molecule has 212 valence electrons. The highest BCUT2D eigenvalue weighted by molar-refractivity contribution is 6.13. The fourth-order valence-electron chi connectivity index (χ4n) is 6.42. The lowest BCUT2D eigenvalue weighted by molar-refractivity contribution is 0.623. The minimum atomic E-state index is 0.607. The van der Waals surface area contributed by atoms with Crippen molar-refractivity contribution in [3.8, 4) is 22.6 Å². The molecule has 0 unspecified atom stereocenters. The van der Waals surface area contributed by atoms with Crippen molar-refractivity contribution < 1.29 is 8.83 Å². The van der Waals surface area contributed by atoms with Crippen LogP contribution in [0.4, 0.5) is 17.1 Å². The molecule has 7 aromatic carbocycles. The van der Waals surface area contributed by atoms with Crippen molar-refractivity contribution >= 4 is 60.9 Å². The highest BCUT2D eigenvalue weighted by Gasteiger charge is 2.23. The normalized spacial score (nSPS) is 11.6. The van der Waals surface area contributed by atoms with Gasteiger partial charge in [0, 0.05) is 38.4 Å². The summed E-state index contributed by atoms with van der Waals surface area (Å²) in [4.78, 5) is 7.37. The lowest BCUT2D eigenvalue weighted by atomic mass is 10.00. The van der Waals surface area contributed by atoms with Crippen molar-refractivity contribution in [2.75, 3.05) is 4.90 Å². The van der Waals surface area contributed by atoms with E-state index in [4.69, 9.17) is 13.8 Å². The summed E-state index contributed by atoms with van der Waals surface area (Å²) in [6.45, 7) is 0. The molecule has 0 amide bonds. The molecule has 0 saturated carbocycles. The molecule has 2 aromatic heterocycles. The summed E-state index contributed by atoms with van der Waals surface area (Å²) in [6, 6.07) is 54.5. The van der Waals surface area contributed by atoms with Crippen LogP contribution in [0.1, 0.15) is 0 Å². The Morgan fingerprint density at radius 1 is 0.444 bits per heavy atom.